The van der Waals surface area contributed by atoms with Crippen LogP contribution >= 0.6 is 11.3 Å². The lowest BCUT2D eigenvalue weighted by molar-refractivity contribution is -0.118. The van der Waals surface area contributed by atoms with E-state index in [1.165, 1.54) is 24.5 Å². The predicted molar refractivity (Wildman–Crippen MR) is 84.8 cm³/mol. The molecule has 23 heavy (non-hydrogen) atoms. The normalized spacial score (nSPS) is 10.3. The summed E-state index contributed by atoms with van der Waals surface area (Å²) >= 11 is 1.33. The standard InChI is InChI=1S/C16H17NO5S/c1-10-6-8-21-15(10)16(20)22-9-13(19)14-4-3-12(23-14)5-7-17-11(2)18/h3-4,6,8H,5,7,9H2,1-2H3,(H,17,18). The van der Waals surface area contributed by atoms with Crippen molar-refractivity contribution >= 4 is 29.0 Å². The van der Waals surface area contributed by atoms with Crippen molar-refractivity contribution in [3.63, 3.8) is 0 Å². The van der Waals surface area contributed by atoms with Gasteiger partial charge in [0.25, 0.3) is 0 Å². The molecule has 0 bridgehead atoms. The van der Waals surface area contributed by atoms with E-state index >= 15 is 0 Å². The molecule has 6 nitrogen and oxygen atoms in total. The van der Waals surface area contributed by atoms with Gasteiger partial charge < -0.3 is 14.5 Å². The first-order valence-electron chi connectivity index (χ1n) is 7.05. The number of thiophene rings is 1. The molecule has 1 amide bonds. The quantitative estimate of drug-likeness (QED) is 0.620. The van der Waals surface area contributed by atoms with Gasteiger partial charge in [-0.2, -0.15) is 0 Å². The van der Waals surface area contributed by atoms with E-state index in [1.54, 1.807) is 19.1 Å². The summed E-state index contributed by atoms with van der Waals surface area (Å²) in [5.74, 6) is -0.889. The number of ketones is 1. The minimum absolute atomic E-state index is 0.0852. The van der Waals surface area contributed by atoms with Gasteiger partial charge in [0.1, 0.15) is 0 Å². The maximum absolute atomic E-state index is 12.0. The number of nitrogens with one attached hydrogen (secondary N) is 1. The molecule has 7 heteroatoms. The van der Waals surface area contributed by atoms with Gasteiger partial charge in [-0.25, -0.2) is 4.79 Å². The lowest BCUT2D eigenvalue weighted by atomic mass is 10.3. The zero-order chi connectivity index (χ0) is 16.8. The molecular formula is C16H17NO5S. The molecule has 0 aliphatic rings. The highest BCUT2D eigenvalue weighted by atomic mass is 32.1. The van der Waals surface area contributed by atoms with Gasteiger partial charge in [-0.1, -0.05) is 0 Å². The third kappa shape index (κ3) is 4.79. The summed E-state index contributed by atoms with van der Waals surface area (Å²) in [7, 11) is 0. The Kier molecular flexibility index (Phi) is 5.70. The van der Waals surface area contributed by atoms with Gasteiger partial charge in [-0.05, 0) is 31.5 Å². The fourth-order valence-electron chi connectivity index (χ4n) is 1.87. The number of hydrogen-bond acceptors (Lipinski definition) is 6. The monoisotopic (exact) mass is 335 g/mol. The van der Waals surface area contributed by atoms with Crippen molar-refractivity contribution in [1.82, 2.24) is 5.32 Å². The number of ether oxygens (including phenoxy) is 1. The molecule has 0 aromatic carbocycles. The largest absolute Gasteiger partial charge is 0.457 e. The van der Waals surface area contributed by atoms with Crippen molar-refractivity contribution in [3.8, 4) is 0 Å². The van der Waals surface area contributed by atoms with Gasteiger partial charge in [0, 0.05) is 23.9 Å². The Bertz CT molecular complexity index is 716. The molecule has 2 rings (SSSR count). The van der Waals surface area contributed by atoms with Crippen LogP contribution in [0.15, 0.2) is 28.9 Å². The van der Waals surface area contributed by atoms with Gasteiger partial charge in [0.05, 0.1) is 11.1 Å². The van der Waals surface area contributed by atoms with Crippen LogP contribution in [0.25, 0.3) is 0 Å². The molecular weight excluding hydrogens is 318 g/mol. The van der Waals surface area contributed by atoms with Crippen LogP contribution in [0.4, 0.5) is 0 Å². The molecule has 0 aliphatic carbocycles. The smallest absolute Gasteiger partial charge is 0.374 e. The third-order valence-electron chi connectivity index (χ3n) is 3.06. The van der Waals surface area contributed by atoms with E-state index in [0.717, 1.165) is 4.88 Å². The van der Waals surface area contributed by atoms with E-state index in [2.05, 4.69) is 5.32 Å². The van der Waals surface area contributed by atoms with Crippen LogP contribution in [0.1, 0.15) is 37.6 Å². The van der Waals surface area contributed by atoms with Crippen LogP contribution in [-0.4, -0.2) is 30.8 Å². The van der Waals surface area contributed by atoms with E-state index < -0.39 is 5.97 Å². The molecule has 0 spiro atoms. The van der Waals surface area contributed by atoms with Crippen LogP contribution in [0.5, 0.6) is 0 Å². The number of hydrogen-bond donors (Lipinski definition) is 1. The lowest BCUT2D eigenvalue weighted by Gasteiger charge is -2.02. The summed E-state index contributed by atoms with van der Waals surface area (Å²) < 4.78 is 9.99. The molecule has 122 valence electrons. The lowest BCUT2D eigenvalue weighted by Crippen LogP contribution is -2.22. The van der Waals surface area contributed by atoms with E-state index in [4.69, 9.17) is 9.15 Å². The Balaban J connectivity index is 1.84. The zero-order valence-electron chi connectivity index (χ0n) is 12.9. The number of aryl methyl sites for hydroxylation is 1. The van der Waals surface area contributed by atoms with Crippen molar-refractivity contribution < 1.29 is 23.5 Å². The molecule has 0 unspecified atom stereocenters. The molecule has 2 aromatic rings. The fourth-order valence-corrected chi connectivity index (χ4v) is 2.81. The Morgan fingerprint density at radius 2 is 2.04 bits per heavy atom. The number of furan rings is 1. The van der Waals surface area contributed by atoms with Crippen molar-refractivity contribution in [2.24, 2.45) is 0 Å². The average molecular weight is 335 g/mol. The first kappa shape index (κ1) is 17.0. The number of carbonyl (C=O) groups excluding carboxylic acids is 3. The van der Waals surface area contributed by atoms with Crippen LogP contribution in [0.3, 0.4) is 0 Å². The number of Topliss-reactive ketones (excluding diaryl/α,β-unsaturated/α-hetero) is 1. The summed E-state index contributed by atoms with van der Waals surface area (Å²) in [4.78, 5) is 36.1. The van der Waals surface area contributed by atoms with E-state index in [1.807, 2.05) is 6.07 Å². The number of rotatable bonds is 7. The molecule has 0 saturated heterocycles. The maximum atomic E-state index is 12.0. The van der Waals surface area contributed by atoms with Gasteiger partial charge in [0.2, 0.25) is 17.5 Å². The predicted octanol–water partition coefficient (Wildman–Crippen LogP) is 2.37. The van der Waals surface area contributed by atoms with Gasteiger partial charge in [0.15, 0.2) is 6.61 Å². The van der Waals surface area contributed by atoms with Crippen LogP contribution in [0.2, 0.25) is 0 Å². The molecule has 2 heterocycles. The number of amides is 1. The first-order valence-corrected chi connectivity index (χ1v) is 7.86. The van der Waals surface area contributed by atoms with E-state index in [-0.39, 0.29) is 24.1 Å². The molecule has 0 atom stereocenters. The highest BCUT2D eigenvalue weighted by Gasteiger charge is 2.17. The van der Waals surface area contributed by atoms with Crippen LogP contribution in [-0.2, 0) is 16.0 Å². The summed E-state index contributed by atoms with van der Waals surface area (Å²) in [5.41, 5.74) is 0.666. The molecule has 0 aliphatic heterocycles. The van der Waals surface area contributed by atoms with Crippen LogP contribution in [0, 0.1) is 6.92 Å². The first-order chi connectivity index (χ1) is 11.0. The second-order valence-corrected chi connectivity index (χ2v) is 6.10. The SMILES string of the molecule is CC(=O)NCCc1ccc(C(=O)COC(=O)c2occc2C)s1. The Morgan fingerprint density at radius 1 is 1.26 bits per heavy atom. The minimum Gasteiger partial charge on any atom is -0.457 e. The maximum Gasteiger partial charge on any atom is 0.374 e. The highest BCUT2D eigenvalue weighted by Crippen LogP contribution is 2.18. The van der Waals surface area contributed by atoms with Gasteiger partial charge in [-0.15, -0.1) is 11.3 Å². The van der Waals surface area contributed by atoms with E-state index in [9.17, 15) is 14.4 Å². The molecule has 2 aromatic heterocycles. The summed E-state index contributed by atoms with van der Waals surface area (Å²) in [6.07, 6.45) is 2.05. The summed E-state index contributed by atoms with van der Waals surface area (Å²) in [6, 6.07) is 5.18. The average Bonchev–Trinajstić information content (AvgIpc) is 3.13. The van der Waals surface area contributed by atoms with Crippen molar-refractivity contribution in [2.45, 2.75) is 20.3 Å². The van der Waals surface area contributed by atoms with Crippen LogP contribution < -0.4 is 5.32 Å². The van der Waals surface area contributed by atoms with Gasteiger partial charge in [-0.3, -0.25) is 9.59 Å². The molecule has 0 radical (unpaired) electrons. The van der Waals surface area contributed by atoms with Crippen molar-refractivity contribution in [3.05, 3.63) is 45.5 Å². The summed E-state index contributed by atoms with van der Waals surface area (Å²) in [5, 5.41) is 2.70. The summed E-state index contributed by atoms with van der Waals surface area (Å²) in [6.45, 7) is 3.38. The van der Waals surface area contributed by atoms with Crippen molar-refractivity contribution in [2.75, 3.05) is 13.2 Å². The van der Waals surface area contributed by atoms with E-state index in [0.29, 0.717) is 23.4 Å². The second kappa shape index (κ2) is 7.73. The second-order valence-electron chi connectivity index (χ2n) is 4.93. The number of esters is 1. The topological polar surface area (TPSA) is 85.6 Å². The van der Waals surface area contributed by atoms with Gasteiger partial charge >= 0.3 is 5.97 Å². The highest BCUT2D eigenvalue weighted by molar-refractivity contribution is 7.14. The van der Waals surface area contributed by atoms with Crippen molar-refractivity contribution in [1.29, 1.82) is 0 Å². The fraction of sp³-hybridized carbons (Fsp3) is 0.312. The number of carbonyl (C=O) groups is 3. The molecule has 0 fully saturated rings. The Labute approximate surface area is 137 Å². The Hall–Kier alpha value is -2.41. The zero-order valence-corrected chi connectivity index (χ0v) is 13.7. The Morgan fingerprint density at radius 3 is 2.70 bits per heavy atom. The third-order valence-corrected chi connectivity index (χ3v) is 4.25. The minimum atomic E-state index is -0.650. The molecule has 1 N–H and O–H groups in total. The molecule has 0 saturated carbocycles.